The van der Waals surface area contributed by atoms with Crippen LogP contribution in [0.3, 0.4) is 0 Å². The molecule has 1 aromatic carbocycles. The Morgan fingerprint density at radius 2 is 2.00 bits per heavy atom. The van der Waals surface area contributed by atoms with E-state index in [1.807, 2.05) is 25.3 Å². The number of hydrogen-bond acceptors (Lipinski definition) is 5. The first-order chi connectivity index (χ1) is 14.9. The summed E-state index contributed by atoms with van der Waals surface area (Å²) in [7, 11) is 0. The molecule has 0 bridgehead atoms. The molecule has 2 aromatic heterocycles. The first-order valence-electron chi connectivity index (χ1n) is 10.3. The number of alkyl halides is 3. The summed E-state index contributed by atoms with van der Waals surface area (Å²) in [6, 6.07) is 8.76. The molecule has 1 unspecified atom stereocenters. The van der Waals surface area contributed by atoms with Crippen LogP contribution in [-0.4, -0.2) is 34.1 Å². The number of benzene rings is 1. The topological polar surface area (TPSA) is 51.4 Å². The fraction of sp³-hybridized carbons (Fsp3) is 0.391. The van der Waals surface area contributed by atoms with Crippen molar-refractivity contribution in [3.05, 3.63) is 71.4 Å². The molecule has 3 heterocycles. The monoisotopic (exact) mass is 431 g/mol. The van der Waals surface area contributed by atoms with Crippen molar-refractivity contribution in [2.45, 2.75) is 45.2 Å². The number of ether oxygens (including phenoxy) is 1. The standard InChI is InChI=1S/C23H24F3N3O2/c1-16-21(28-22(31-16)18-6-8-19(9-7-18)23(24,25)26)14-29-11-3-5-20(13-29)30-15-17-4-2-10-27-12-17/h2,4,6-10,12,20H,3,5,11,13-15H2,1H3. The molecule has 164 valence electrons. The molecule has 1 aliphatic rings. The molecule has 0 spiro atoms. The number of hydrogen-bond donors (Lipinski definition) is 0. The number of piperidine rings is 1. The Balaban J connectivity index is 1.37. The van der Waals surface area contributed by atoms with Gasteiger partial charge in [0.15, 0.2) is 0 Å². The highest BCUT2D eigenvalue weighted by atomic mass is 19.4. The average Bonchev–Trinajstić information content (AvgIpc) is 3.13. The van der Waals surface area contributed by atoms with Crippen molar-refractivity contribution in [2.75, 3.05) is 13.1 Å². The Hall–Kier alpha value is -2.71. The number of aryl methyl sites for hydroxylation is 1. The van der Waals surface area contributed by atoms with Crippen molar-refractivity contribution in [1.29, 1.82) is 0 Å². The van der Waals surface area contributed by atoms with Crippen molar-refractivity contribution in [1.82, 2.24) is 14.9 Å². The number of likely N-dealkylation sites (tertiary alicyclic amines) is 1. The lowest BCUT2D eigenvalue weighted by Gasteiger charge is -2.32. The lowest BCUT2D eigenvalue weighted by atomic mass is 10.1. The first-order valence-corrected chi connectivity index (χ1v) is 10.3. The average molecular weight is 431 g/mol. The third kappa shape index (κ3) is 5.51. The largest absolute Gasteiger partial charge is 0.441 e. The lowest BCUT2D eigenvalue weighted by molar-refractivity contribution is -0.137. The maximum Gasteiger partial charge on any atom is 0.416 e. The highest BCUT2D eigenvalue weighted by Crippen LogP contribution is 2.31. The Morgan fingerprint density at radius 1 is 1.19 bits per heavy atom. The van der Waals surface area contributed by atoms with E-state index in [1.54, 1.807) is 6.20 Å². The summed E-state index contributed by atoms with van der Waals surface area (Å²) >= 11 is 0. The van der Waals surface area contributed by atoms with Crippen molar-refractivity contribution in [3.8, 4) is 11.5 Å². The molecule has 0 saturated carbocycles. The molecule has 0 amide bonds. The molecular weight excluding hydrogens is 407 g/mol. The lowest BCUT2D eigenvalue weighted by Crippen LogP contribution is -2.39. The summed E-state index contributed by atoms with van der Waals surface area (Å²) in [4.78, 5) is 10.9. The van der Waals surface area contributed by atoms with Crippen LogP contribution in [0.5, 0.6) is 0 Å². The fourth-order valence-electron chi connectivity index (χ4n) is 3.70. The van der Waals surface area contributed by atoms with Gasteiger partial charge in [0, 0.05) is 31.0 Å². The van der Waals surface area contributed by atoms with Gasteiger partial charge in [0.1, 0.15) is 5.76 Å². The van der Waals surface area contributed by atoms with Gasteiger partial charge in [-0.1, -0.05) is 6.07 Å². The van der Waals surface area contributed by atoms with E-state index in [0.717, 1.165) is 49.3 Å². The smallest absolute Gasteiger partial charge is 0.416 e. The number of nitrogens with zero attached hydrogens (tertiary/aromatic N) is 3. The minimum absolute atomic E-state index is 0.135. The third-order valence-corrected chi connectivity index (χ3v) is 5.40. The summed E-state index contributed by atoms with van der Waals surface area (Å²) in [6.07, 6.45) is 1.36. The number of pyridine rings is 1. The number of oxazole rings is 1. The Labute approximate surface area is 178 Å². The second-order valence-electron chi connectivity index (χ2n) is 7.77. The van der Waals surface area contributed by atoms with Gasteiger partial charge in [0.25, 0.3) is 0 Å². The van der Waals surface area contributed by atoms with Crippen LogP contribution in [0.25, 0.3) is 11.5 Å². The molecule has 3 aromatic rings. The SMILES string of the molecule is Cc1oc(-c2ccc(C(F)(F)F)cc2)nc1CN1CCCC(OCc2cccnc2)C1. The van der Waals surface area contributed by atoms with E-state index < -0.39 is 11.7 Å². The third-order valence-electron chi connectivity index (χ3n) is 5.40. The highest BCUT2D eigenvalue weighted by molar-refractivity contribution is 5.54. The minimum Gasteiger partial charge on any atom is -0.441 e. The predicted molar refractivity (Wildman–Crippen MR) is 109 cm³/mol. The molecular formula is C23H24F3N3O2. The van der Waals surface area contributed by atoms with Gasteiger partial charge in [-0.2, -0.15) is 13.2 Å². The maximum atomic E-state index is 12.8. The summed E-state index contributed by atoms with van der Waals surface area (Å²) in [5.74, 6) is 1.01. The molecule has 1 fully saturated rings. The van der Waals surface area contributed by atoms with E-state index in [0.29, 0.717) is 30.4 Å². The van der Waals surface area contributed by atoms with Crippen molar-refractivity contribution in [2.24, 2.45) is 0 Å². The van der Waals surface area contributed by atoms with Gasteiger partial charge in [-0.05, 0) is 62.2 Å². The quantitative estimate of drug-likeness (QED) is 0.534. The molecule has 0 radical (unpaired) electrons. The molecule has 5 nitrogen and oxygen atoms in total. The molecule has 1 aliphatic heterocycles. The zero-order valence-corrected chi connectivity index (χ0v) is 17.2. The van der Waals surface area contributed by atoms with Crippen molar-refractivity contribution >= 4 is 0 Å². The second-order valence-corrected chi connectivity index (χ2v) is 7.77. The van der Waals surface area contributed by atoms with Crippen LogP contribution in [0.2, 0.25) is 0 Å². The molecule has 1 saturated heterocycles. The van der Waals surface area contributed by atoms with Gasteiger partial charge in [-0.15, -0.1) is 0 Å². The molecule has 0 aliphatic carbocycles. The zero-order valence-electron chi connectivity index (χ0n) is 17.2. The van der Waals surface area contributed by atoms with Gasteiger partial charge < -0.3 is 9.15 Å². The maximum absolute atomic E-state index is 12.8. The van der Waals surface area contributed by atoms with E-state index in [-0.39, 0.29) is 6.10 Å². The van der Waals surface area contributed by atoms with Gasteiger partial charge in [0.2, 0.25) is 5.89 Å². The summed E-state index contributed by atoms with van der Waals surface area (Å²) < 4.78 is 50.1. The van der Waals surface area contributed by atoms with Crippen molar-refractivity contribution < 1.29 is 22.3 Å². The molecule has 1 atom stereocenters. The number of rotatable bonds is 6. The molecule has 31 heavy (non-hydrogen) atoms. The van der Waals surface area contributed by atoms with Gasteiger partial charge >= 0.3 is 6.18 Å². The summed E-state index contributed by atoms with van der Waals surface area (Å²) in [5.41, 5.74) is 1.68. The van der Waals surface area contributed by atoms with E-state index in [2.05, 4.69) is 14.9 Å². The molecule has 4 rings (SSSR count). The van der Waals surface area contributed by atoms with E-state index in [9.17, 15) is 13.2 Å². The van der Waals surface area contributed by atoms with E-state index >= 15 is 0 Å². The van der Waals surface area contributed by atoms with Crippen LogP contribution in [0.4, 0.5) is 13.2 Å². The highest BCUT2D eigenvalue weighted by Gasteiger charge is 2.30. The van der Waals surface area contributed by atoms with Crippen LogP contribution in [0.1, 0.15) is 35.4 Å². The van der Waals surface area contributed by atoms with Crippen molar-refractivity contribution in [3.63, 3.8) is 0 Å². The first kappa shape index (κ1) is 21.5. The summed E-state index contributed by atoms with van der Waals surface area (Å²) in [6.45, 7) is 4.71. The summed E-state index contributed by atoms with van der Waals surface area (Å²) in [5, 5.41) is 0. The van der Waals surface area contributed by atoms with E-state index in [4.69, 9.17) is 9.15 Å². The minimum atomic E-state index is -4.36. The predicted octanol–water partition coefficient (Wildman–Crippen LogP) is 5.25. The zero-order chi connectivity index (χ0) is 21.8. The van der Waals surface area contributed by atoms with Crippen LogP contribution >= 0.6 is 0 Å². The molecule has 0 N–H and O–H groups in total. The molecule has 8 heteroatoms. The second kappa shape index (κ2) is 9.20. The van der Waals surface area contributed by atoms with Crippen LogP contribution in [0.15, 0.2) is 53.2 Å². The van der Waals surface area contributed by atoms with Crippen LogP contribution in [0, 0.1) is 6.92 Å². The van der Waals surface area contributed by atoms with Gasteiger partial charge in [-0.3, -0.25) is 9.88 Å². The van der Waals surface area contributed by atoms with Crippen LogP contribution in [-0.2, 0) is 24.1 Å². The Morgan fingerprint density at radius 3 is 2.71 bits per heavy atom. The van der Waals surface area contributed by atoms with E-state index in [1.165, 1.54) is 12.1 Å². The Kier molecular flexibility index (Phi) is 6.38. The number of aromatic nitrogens is 2. The van der Waals surface area contributed by atoms with Gasteiger partial charge in [0.05, 0.1) is 24.0 Å². The fourth-order valence-corrected chi connectivity index (χ4v) is 3.70. The van der Waals surface area contributed by atoms with Crippen LogP contribution < -0.4 is 0 Å². The normalized spacial score (nSPS) is 17.7. The van der Waals surface area contributed by atoms with Gasteiger partial charge in [-0.25, -0.2) is 4.98 Å². The Bertz CT molecular complexity index is 988. The number of halogens is 3.